The number of amides is 2. The maximum atomic E-state index is 12.9. The van der Waals surface area contributed by atoms with E-state index < -0.39 is 61.4 Å². The molecule has 3 rings (SSSR count). The zero-order valence-electron chi connectivity index (χ0n) is 15.5. The Labute approximate surface area is 173 Å². The minimum Gasteiger partial charge on any atom is -0.480 e. The van der Waals surface area contributed by atoms with Gasteiger partial charge in [-0.1, -0.05) is 17.7 Å². The predicted molar refractivity (Wildman–Crippen MR) is 103 cm³/mol. The third-order valence-electron chi connectivity index (χ3n) is 5.06. The summed E-state index contributed by atoms with van der Waals surface area (Å²) < 4.78 is -0.926. The summed E-state index contributed by atoms with van der Waals surface area (Å²) in [5.41, 5.74) is -3.10. The van der Waals surface area contributed by atoms with Crippen molar-refractivity contribution in [2.45, 2.75) is 42.5 Å². The van der Waals surface area contributed by atoms with Gasteiger partial charge in [0.1, 0.15) is 17.0 Å². The third-order valence-corrected chi connectivity index (χ3v) is 7.01. The molecular formula is C17H16ClN3O7S. The van der Waals surface area contributed by atoms with Crippen LogP contribution in [0.25, 0.3) is 0 Å². The SMILES string of the molecule is CC(=O)C1(NC(=O)c2c(Cl)cccc2[N+](=O)[O-])C(=O)N2[C@@H](C(=O)O)C(C)(C)S[C@@H]21. The van der Waals surface area contributed by atoms with Gasteiger partial charge in [0.2, 0.25) is 5.54 Å². The normalized spacial score (nSPS) is 27.0. The molecule has 29 heavy (non-hydrogen) atoms. The molecule has 10 nitrogen and oxygen atoms in total. The van der Waals surface area contributed by atoms with Crippen LogP contribution in [0.3, 0.4) is 0 Å². The van der Waals surface area contributed by atoms with Gasteiger partial charge in [-0.3, -0.25) is 24.5 Å². The van der Waals surface area contributed by atoms with Gasteiger partial charge in [0.05, 0.1) is 9.95 Å². The summed E-state index contributed by atoms with van der Waals surface area (Å²) in [5, 5.41) is 21.9. The molecule has 2 saturated heterocycles. The van der Waals surface area contributed by atoms with Crippen LogP contribution in [0.4, 0.5) is 5.69 Å². The summed E-state index contributed by atoms with van der Waals surface area (Å²) in [7, 11) is 0. The number of nitro benzene ring substituents is 1. The van der Waals surface area contributed by atoms with E-state index in [1.807, 2.05) is 0 Å². The summed E-state index contributed by atoms with van der Waals surface area (Å²) in [5.74, 6) is -3.88. The number of carboxylic acid groups (broad SMARTS) is 1. The number of Topliss-reactive ketones (excluding diaryl/α,β-unsaturated/α-hetero) is 1. The zero-order valence-corrected chi connectivity index (χ0v) is 17.0. The summed E-state index contributed by atoms with van der Waals surface area (Å²) in [6.07, 6.45) is 0. The van der Waals surface area contributed by atoms with Gasteiger partial charge in [-0.2, -0.15) is 0 Å². The van der Waals surface area contributed by atoms with Gasteiger partial charge in [0.15, 0.2) is 5.78 Å². The Kier molecular flexibility index (Phi) is 4.86. The van der Waals surface area contributed by atoms with Crippen LogP contribution in [0.5, 0.6) is 0 Å². The van der Waals surface area contributed by atoms with Crippen molar-refractivity contribution in [3.63, 3.8) is 0 Å². The molecule has 12 heteroatoms. The number of nitrogens with zero attached hydrogens (tertiary/aromatic N) is 2. The fourth-order valence-corrected chi connectivity index (χ4v) is 5.73. The summed E-state index contributed by atoms with van der Waals surface area (Å²) in [4.78, 5) is 61.4. The highest BCUT2D eigenvalue weighted by molar-refractivity contribution is 8.01. The van der Waals surface area contributed by atoms with Crippen LogP contribution in [0.1, 0.15) is 31.1 Å². The summed E-state index contributed by atoms with van der Waals surface area (Å²) in [6, 6.07) is 2.45. The quantitative estimate of drug-likeness (QED) is 0.302. The number of halogens is 1. The number of hydrogen-bond acceptors (Lipinski definition) is 7. The second-order valence-electron chi connectivity index (χ2n) is 7.24. The maximum absolute atomic E-state index is 12.9. The van der Waals surface area contributed by atoms with E-state index in [-0.39, 0.29) is 5.02 Å². The molecule has 2 heterocycles. The number of nitro groups is 1. The number of thioether (sulfide) groups is 1. The van der Waals surface area contributed by atoms with Crippen molar-refractivity contribution in [3.05, 3.63) is 38.9 Å². The number of benzene rings is 1. The lowest BCUT2D eigenvalue weighted by Gasteiger charge is -2.51. The smallest absolute Gasteiger partial charge is 0.327 e. The monoisotopic (exact) mass is 441 g/mol. The number of carboxylic acids is 1. The van der Waals surface area contributed by atoms with Gasteiger partial charge in [0, 0.05) is 10.8 Å². The van der Waals surface area contributed by atoms with E-state index in [4.69, 9.17) is 11.6 Å². The van der Waals surface area contributed by atoms with E-state index in [9.17, 15) is 34.4 Å². The van der Waals surface area contributed by atoms with Crippen molar-refractivity contribution >= 4 is 52.6 Å². The Hall–Kier alpha value is -2.66. The first kappa shape index (κ1) is 21.1. The van der Waals surface area contributed by atoms with Crippen LogP contribution >= 0.6 is 23.4 Å². The second-order valence-corrected chi connectivity index (χ2v) is 9.38. The standard InChI is InChI=1S/C17H16ClN3O7S/c1-7(22)17(14(26)20-11(13(24)25)16(2,3)29-15(17)20)19-12(23)10-8(18)5-4-6-9(10)21(27)28/h4-6,11,15H,1-3H3,(H,19,23)(H,24,25)/t11-,15+,17?/m0/s1. The first-order chi connectivity index (χ1) is 13.4. The van der Waals surface area contributed by atoms with E-state index in [2.05, 4.69) is 5.32 Å². The Morgan fingerprint density at radius 3 is 2.48 bits per heavy atom. The number of aliphatic carboxylic acids is 1. The van der Waals surface area contributed by atoms with E-state index in [1.165, 1.54) is 12.1 Å². The van der Waals surface area contributed by atoms with Crippen molar-refractivity contribution in [3.8, 4) is 0 Å². The average Bonchev–Trinajstić information content (AvgIpc) is 2.87. The lowest BCUT2D eigenvalue weighted by molar-refractivity contribution is -0.385. The number of β-lactam (4-membered cyclic amide) rings is 1. The molecule has 2 aliphatic heterocycles. The molecule has 154 valence electrons. The second kappa shape index (κ2) is 6.70. The van der Waals surface area contributed by atoms with Gasteiger partial charge in [0.25, 0.3) is 17.5 Å². The van der Waals surface area contributed by atoms with Gasteiger partial charge in [-0.15, -0.1) is 11.8 Å². The van der Waals surface area contributed by atoms with Crippen LogP contribution in [-0.4, -0.2) is 60.2 Å². The fourth-order valence-electron chi connectivity index (χ4n) is 3.72. The summed E-state index contributed by atoms with van der Waals surface area (Å²) in [6.45, 7) is 4.33. The van der Waals surface area contributed by atoms with Crippen LogP contribution in [-0.2, 0) is 14.4 Å². The topological polar surface area (TPSA) is 147 Å². The van der Waals surface area contributed by atoms with Crippen molar-refractivity contribution in [2.24, 2.45) is 0 Å². The highest BCUT2D eigenvalue weighted by Crippen LogP contribution is 2.55. The van der Waals surface area contributed by atoms with E-state index in [0.717, 1.165) is 29.7 Å². The molecule has 0 aromatic heterocycles. The minimum atomic E-state index is -2.03. The Bertz CT molecular complexity index is 982. The van der Waals surface area contributed by atoms with Crippen molar-refractivity contribution in [2.75, 3.05) is 0 Å². The number of hydrogen-bond donors (Lipinski definition) is 2. The van der Waals surface area contributed by atoms with Gasteiger partial charge in [-0.25, -0.2) is 4.79 Å². The molecule has 3 atom stereocenters. The Morgan fingerprint density at radius 1 is 1.34 bits per heavy atom. The molecule has 1 unspecified atom stereocenters. The highest BCUT2D eigenvalue weighted by atomic mass is 35.5. The molecule has 0 aliphatic carbocycles. The molecule has 2 fully saturated rings. The van der Waals surface area contributed by atoms with Crippen LogP contribution < -0.4 is 5.32 Å². The van der Waals surface area contributed by atoms with Crippen molar-refractivity contribution in [1.82, 2.24) is 10.2 Å². The molecule has 0 bridgehead atoms. The van der Waals surface area contributed by atoms with Gasteiger partial charge < -0.3 is 15.3 Å². The lowest BCUT2D eigenvalue weighted by Crippen LogP contribution is -2.82. The van der Waals surface area contributed by atoms with Crippen LogP contribution in [0, 0.1) is 10.1 Å². The van der Waals surface area contributed by atoms with Gasteiger partial charge in [-0.05, 0) is 26.8 Å². The maximum Gasteiger partial charge on any atom is 0.327 e. The molecule has 2 aliphatic rings. The molecule has 1 aromatic carbocycles. The molecule has 1 aromatic rings. The zero-order chi connectivity index (χ0) is 21.9. The number of fused-ring (bicyclic) bond motifs is 1. The molecule has 0 spiro atoms. The first-order valence-corrected chi connectivity index (χ1v) is 9.62. The van der Waals surface area contributed by atoms with Crippen LogP contribution in [0.15, 0.2) is 18.2 Å². The Balaban J connectivity index is 2.03. The number of ketones is 1. The third kappa shape index (κ3) is 2.87. The van der Waals surface area contributed by atoms with E-state index in [0.29, 0.717) is 0 Å². The number of nitrogens with one attached hydrogen (secondary N) is 1. The molecule has 0 saturated carbocycles. The molecule has 2 N–H and O–H groups in total. The largest absolute Gasteiger partial charge is 0.480 e. The highest BCUT2D eigenvalue weighted by Gasteiger charge is 2.74. The van der Waals surface area contributed by atoms with Crippen molar-refractivity contribution < 1.29 is 29.2 Å². The molecule has 0 radical (unpaired) electrons. The minimum absolute atomic E-state index is 0.221. The number of carbonyl (C=O) groups excluding carboxylic acids is 3. The van der Waals surface area contributed by atoms with E-state index in [1.54, 1.807) is 13.8 Å². The fraction of sp³-hybridized carbons (Fsp3) is 0.412. The predicted octanol–water partition coefficient (Wildman–Crippen LogP) is 1.45. The molecular weight excluding hydrogens is 426 g/mol. The average molecular weight is 442 g/mol. The Morgan fingerprint density at radius 2 is 1.97 bits per heavy atom. The van der Waals surface area contributed by atoms with E-state index >= 15 is 0 Å². The first-order valence-electron chi connectivity index (χ1n) is 8.36. The van der Waals surface area contributed by atoms with Crippen molar-refractivity contribution in [1.29, 1.82) is 0 Å². The molecule has 2 amide bonds. The lowest BCUT2D eigenvalue weighted by atomic mass is 9.81. The van der Waals surface area contributed by atoms with Crippen LogP contribution in [0.2, 0.25) is 5.02 Å². The number of carbonyl (C=O) groups is 4. The van der Waals surface area contributed by atoms with Gasteiger partial charge >= 0.3 is 5.97 Å². The summed E-state index contributed by atoms with van der Waals surface area (Å²) >= 11 is 7.03. The number of rotatable bonds is 5.